The molecule has 2 aromatic carbocycles. The minimum Gasteiger partial charge on any atom is -0.463 e. The lowest BCUT2D eigenvalue weighted by atomic mass is 9.81. The molecule has 1 aliphatic heterocycles. The number of benzene rings is 2. The summed E-state index contributed by atoms with van der Waals surface area (Å²) in [5.41, 5.74) is 4.62. The van der Waals surface area contributed by atoms with E-state index in [1.54, 1.807) is 24.0 Å². The molecule has 0 spiro atoms. The molecule has 0 radical (unpaired) electrons. The summed E-state index contributed by atoms with van der Waals surface area (Å²) in [4.78, 5) is 40.1. The summed E-state index contributed by atoms with van der Waals surface area (Å²) in [6, 6.07) is 15.1. The molecule has 180 valence electrons. The van der Waals surface area contributed by atoms with E-state index in [4.69, 9.17) is 4.74 Å². The van der Waals surface area contributed by atoms with Crippen LogP contribution < -0.4 is 5.32 Å². The molecule has 1 atom stereocenters. The van der Waals surface area contributed by atoms with Crippen LogP contribution in [-0.2, 0) is 20.9 Å². The van der Waals surface area contributed by atoms with Gasteiger partial charge in [0.1, 0.15) is 0 Å². The summed E-state index contributed by atoms with van der Waals surface area (Å²) in [5.74, 6) is -0.862. The number of esters is 1. The molecule has 1 aliphatic rings. The molecule has 6 heteroatoms. The Bertz CT molecular complexity index is 1070. The molecule has 6 nitrogen and oxygen atoms in total. The molecule has 3 rings (SSSR count). The third kappa shape index (κ3) is 5.74. The van der Waals surface area contributed by atoms with Crippen LogP contribution in [0.25, 0.3) is 0 Å². The van der Waals surface area contributed by atoms with Crippen LogP contribution in [0.3, 0.4) is 0 Å². The lowest BCUT2D eigenvalue weighted by Crippen LogP contribution is -2.38. The molecular formula is C28H34N2O4. The number of nitrogens with zero attached hydrogens (tertiary/aromatic N) is 1. The molecule has 0 bridgehead atoms. The Hall–Kier alpha value is -3.41. The fraction of sp³-hybridized carbons (Fsp3) is 0.393. The van der Waals surface area contributed by atoms with Crippen LogP contribution in [0.5, 0.6) is 0 Å². The van der Waals surface area contributed by atoms with Gasteiger partial charge in [-0.1, -0.05) is 49.7 Å². The molecule has 0 aromatic heterocycles. The van der Waals surface area contributed by atoms with E-state index in [1.165, 1.54) is 0 Å². The van der Waals surface area contributed by atoms with Gasteiger partial charge in [-0.05, 0) is 56.0 Å². The van der Waals surface area contributed by atoms with Crippen molar-refractivity contribution in [2.24, 2.45) is 0 Å². The Balaban J connectivity index is 1.87. The minimum atomic E-state index is -0.384. The number of carbonyl (C=O) groups is 3. The fourth-order valence-electron chi connectivity index (χ4n) is 4.35. The van der Waals surface area contributed by atoms with Crippen LogP contribution in [0.2, 0.25) is 0 Å². The van der Waals surface area contributed by atoms with E-state index in [-0.39, 0.29) is 36.7 Å². The maximum absolute atomic E-state index is 13.2. The number of allylic oxidation sites excluding steroid dienone is 1. The summed E-state index contributed by atoms with van der Waals surface area (Å²) in [6.45, 7) is 8.91. The summed E-state index contributed by atoms with van der Waals surface area (Å²) >= 11 is 0. The lowest BCUT2D eigenvalue weighted by Gasteiger charge is -2.35. The van der Waals surface area contributed by atoms with Gasteiger partial charge in [0.25, 0.3) is 5.91 Å². The number of hydrogen-bond acceptors (Lipinski definition) is 4. The second-order valence-electron chi connectivity index (χ2n) is 8.62. The number of aryl methyl sites for hydroxylation is 1. The number of nitrogens with one attached hydrogen (secondary N) is 1. The normalized spacial score (nSPS) is 15.9. The van der Waals surface area contributed by atoms with Gasteiger partial charge in [0.05, 0.1) is 18.7 Å². The van der Waals surface area contributed by atoms with Gasteiger partial charge in [0.15, 0.2) is 0 Å². The highest BCUT2D eigenvalue weighted by atomic mass is 16.5. The zero-order valence-corrected chi connectivity index (χ0v) is 20.5. The number of carbonyl (C=O) groups excluding carboxylic acids is 3. The lowest BCUT2D eigenvalue weighted by molar-refractivity contribution is -0.140. The molecule has 0 saturated carbocycles. The van der Waals surface area contributed by atoms with E-state index >= 15 is 0 Å². The summed E-state index contributed by atoms with van der Waals surface area (Å²) < 4.78 is 5.38. The third-order valence-corrected chi connectivity index (χ3v) is 6.25. The summed E-state index contributed by atoms with van der Waals surface area (Å²) in [6.07, 6.45) is 2.17. The second-order valence-corrected chi connectivity index (χ2v) is 8.62. The van der Waals surface area contributed by atoms with Crippen molar-refractivity contribution in [3.8, 4) is 0 Å². The van der Waals surface area contributed by atoms with Gasteiger partial charge in [0, 0.05) is 30.1 Å². The quantitative estimate of drug-likeness (QED) is 0.426. The minimum absolute atomic E-state index is 0.0415. The van der Waals surface area contributed by atoms with Crippen LogP contribution >= 0.6 is 0 Å². The monoisotopic (exact) mass is 462 g/mol. The van der Waals surface area contributed by atoms with Gasteiger partial charge in [-0.3, -0.25) is 9.59 Å². The molecule has 1 heterocycles. The van der Waals surface area contributed by atoms with Crippen LogP contribution in [0.4, 0.5) is 0 Å². The van der Waals surface area contributed by atoms with Crippen molar-refractivity contribution in [2.45, 2.75) is 59.4 Å². The highest BCUT2D eigenvalue weighted by Gasteiger charge is 2.37. The van der Waals surface area contributed by atoms with E-state index in [2.05, 4.69) is 12.2 Å². The maximum atomic E-state index is 13.2. The molecule has 1 N–H and O–H groups in total. The van der Waals surface area contributed by atoms with Gasteiger partial charge >= 0.3 is 5.97 Å². The average molecular weight is 463 g/mol. The standard InChI is InChI=1S/C28H34N2O4/c1-5-7-16-29-27(32)22-14-12-21(13-15-22)18-30-20(4)26(28(33)34-6-2)24(17-25(30)31)23-11-9-8-10-19(23)3/h8-15,24H,5-7,16-18H2,1-4H3,(H,29,32). The largest absolute Gasteiger partial charge is 0.463 e. The van der Waals surface area contributed by atoms with Gasteiger partial charge in [-0.25, -0.2) is 4.79 Å². The molecule has 2 aromatic rings. The Labute approximate surface area is 202 Å². The summed E-state index contributed by atoms with van der Waals surface area (Å²) in [5, 5.41) is 2.91. The van der Waals surface area contributed by atoms with E-state index in [9.17, 15) is 14.4 Å². The van der Waals surface area contributed by atoms with Crippen LogP contribution in [0, 0.1) is 6.92 Å². The molecule has 2 amide bonds. The smallest absolute Gasteiger partial charge is 0.336 e. The van der Waals surface area contributed by atoms with Gasteiger partial charge < -0.3 is 15.0 Å². The van der Waals surface area contributed by atoms with E-state index in [0.717, 1.165) is 29.5 Å². The highest BCUT2D eigenvalue weighted by Crippen LogP contribution is 2.38. The Morgan fingerprint density at radius 2 is 1.76 bits per heavy atom. The average Bonchev–Trinajstić information content (AvgIpc) is 2.82. The van der Waals surface area contributed by atoms with Crippen molar-refractivity contribution in [1.29, 1.82) is 0 Å². The van der Waals surface area contributed by atoms with Crippen molar-refractivity contribution in [3.63, 3.8) is 0 Å². The van der Waals surface area contributed by atoms with Crippen molar-refractivity contribution in [3.05, 3.63) is 82.1 Å². The van der Waals surface area contributed by atoms with Gasteiger partial charge in [0.2, 0.25) is 5.91 Å². The number of hydrogen-bond donors (Lipinski definition) is 1. The predicted octanol–water partition coefficient (Wildman–Crippen LogP) is 4.88. The first-order valence-electron chi connectivity index (χ1n) is 12.0. The molecule has 0 saturated heterocycles. The number of rotatable bonds is 9. The van der Waals surface area contributed by atoms with Crippen LogP contribution in [-0.4, -0.2) is 35.8 Å². The summed E-state index contributed by atoms with van der Waals surface area (Å²) in [7, 11) is 0. The first-order valence-corrected chi connectivity index (χ1v) is 12.0. The second kappa shape index (κ2) is 11.6. The van der Waals surface area contributed by atoms with Gasteiger partial charge in [-0.15, -0.1) is 0 Å². The third-order valence-electron chi connectivity index (χ3n) is 6.25. The number of ether oxygens (including phenoxy) is 1. The van der Waals surface area contributed by atoms with Crippen molar-refractivity contribution < 1.29 is 19.1 Å². The molecule has 1 unspecified atom stereocenters. The van der Waals surface area contributed by atoms with E-state index < -0.39 is 0 Å². The number of unbranched alkanes of at least 4 members (excludes halogenated alkanes) is 1. The maximum Gasteiger partial charge on any atom is 0.336 e. The van der Waals surface area contributed by atoms with E-state index in [0.29, 0.717) is 29.9 Å². The van der Waals surface area contributed by atoms with Crippen molar-refractivity contribution >= 4 is 17.8 Å². The predicted molar refractivity (Wildman–Crippen MR) is 132 cm³/mol. The van der Waals surface area contributed by atoms with Gasteiger partial charge in [-0.2, -0.15) is 0 Å². The molecule has 0 aliphatic carbocycles. The first-order chi connectivity index (χ1) is 16.4. The van der Waals surface area contributed by atoms with Crippen LogP contribution in [0.1, 0.15) is 73.0 Å². The SMILES string of the molecule is CCCCNC(=O)c1ccc(CN2C(=O)CC(c3ccccc3C)C(C(=O)OCC)=C2C)cc1. The zero-order chi connectivity index (χ0) is 24.7. The first kappa shape index (κ1) is 25.2. The van der Waals surface area contributed by atoms with Crippen molar-refractivity contribution in [2.75, 3.05) is 13.2 Å². The van der Waals surface area contributed by atoms with Crippen molar-refractivity contribution in [1.82, 2.24) is 10.2 Å². The van der Waals surface area contributed by atoms with E-state index in [1.807, 2.05) is 50.2 Å². The topological polar surface area (TPSA) is 75.7 Å². The molecular weight excluding hydrogens is 428 g/mol. The Kier molecular flexibility index (Phi) is 8.63. The number of amides is 2. The fourth-order valence-corrected chi connectivity index (χ4v) is 4.35. The Morgan fingerprint density at radius 3 is 2.41 bits per heavy atom. The molecule has 0 fully saturated rings. The highest BCUT2D eigenvalue weighted by molar-refractivity contribution is 5.96. The Morgan fingerprint density at radius 1 is 1.06 bits per heavy atom. The zero-order valence-electron chi connectivity index (χ0n) is 20.5. The van der Waals surface area contributed by atoms with Crippen LogP contribution in [0.15, 0.2) is 59.8 Å². The molecule has 34 heavy (non-hydrogen) atoms.